The van der Waals surface area contributed by atoms with Crippen molar-refractivity contribution in [1.29, 1.82) is 0 Å². The van der Waals surface area contributed by atoms with Crippen LogP contribution in [-0.4, -0.2) is 48.4 Å². The summed E-state index contributed by atoms with van der Waals surface area (Å²) < 4.78 is 5.14. The van der Waals surface area contributed by atoms with Crippen molar-refractivity contribution in [2.45, 2.75) is 11.6 Å². The van der Waals surface area contributed by atoms with Crippen molar-refractivity contribution in [2.75, 3.05) is 33.5 Å². The normalized spacial score (nSPS) is 10.9. The third-order valence-corrected chi connectivity index (χ3v) is 4.05. The van der Waals surface area contributed by atoms with Crippen molar-refractivity contribution >= 4 is 11.8 Å². The van der Waals surface area contributed by atoms with E-state index in [4.69, 9.17) is 4.74 Å². The average Bonchev–Trinajstić information content (AvgIpc) is 2.51. The molecule has 118 valence electrons. The van der Waals surface area contributed by atoms with E-state index < -0.39 is 0 Å². The van der Waals surface area contributed by atoms with Gasteiger partial charge in [0.15, 0.2) is 5.16 Å². The minimum Gasteiger partial charge on any atom is -0.497 e. The molecule has 0 unspecified atom stereocenters. The van der Waals surface area contributed by atoms with Gasteiger partial charge >= 0.3 is 0 Å². The molecule has 5 nitrogen and oxygen atoms in total. The maximum Gasteiger partial charge on any atom is 0.252 e. The largest absolute Gasteiger partial charge is 0.497 e. The highest BCUT2D eigenvalue weighted by atomic mass is 32.2. The summed E-state index contributed by atoms with van der Waals surface area (Å²) in [5.41, 5.74) is 1.46. The molecule has 0 bridgehead atoms. The van der Waals surface area contributed by atoms with Gasteiger partial charge in [0.2, 0.25) is 0 Å². The Hall–Kier alpha value is -1.79. The predicted octanol–water partition coefficient (Wildman–Crippen LogP) is 2.49. The van der Waals surface area contributed by atoms with Crippen LogP contribution < -0.4 is 10.3 Å². The average molecular weight is 319 g/mol. The van der Waals surface area contributed by atoms with Crippen LogP contribution in [0, 0.1) is 0 Å². The van der Waals surface area contributed by atoms with Crippen LogP contribution in [0.1, 0.15) is 6.42 Å². The van der Waals surface area contributed by atoms with Crippen molar-refractivity contribution in [3.63, 3.8) is 0 Å². The van der Waals surface area contributed by atoms with E-state index in [0.29, 0.717) is 10.9 Å². The lowest BCUT2D eigenvalue weighted by Crippen LogP contribution is -2.13. The van der Waals surface area contributed by atoms with Crippen LogP contribution in [-0.2, 0) is 0 Å². The van der Waals surface area contributed by atoms with Gasteiger partial charge in [0.1, 0.15) is 5.75 Å². The Balaban J connectivity index is 2.10. The van der Waals surface area contributed by atoms with E-state index in [-0.39, 0.29) is 5.56 Å². The van der Waals surface area contributed by atoms with Crippen LogP contribution in [0.5, 0.6) is 5.75 Å². The lowest BCUT2D eigenvalue weighted by atomic mass is 10.1. The molecule has 1 aromatic heterocycles. The maximum absolute atomic E-state index is 11.8. The number of thioether (sulfide) groups is 1. The lowest BCUT2D eigenvalue weighted by molar-refractivity contribution is 0.410. The molecule has 0 atom stereocenters. The number of H-pyrrole nitrogens is 1. The van der Waals surface area contributed by atoms with Gasteiger partial charge in [0.05, 0.1) is 12.8 Å². The summed E-state index contributed by atoms with van der Waals surface area (Å²) in [6.07, 6.45) is 1.05. The van der Waals surface area contributed by atoms with Gasteiger partial charge in [0, 0.05) is 17.4 Å². The van der Waals surface area contributed by atoms with E-state index in [1.807, 2.05) is 24.3 Å². The summed E-state index contributed by atoms with van der Waals surface area (Å²) in [4.78, 5) is 21.3. The second-order valence-electron chi connectivity index (χ2n) is 5.17. The number of aromatic amines is 1. The van der Waals surface area contributed by atoms with Gasteiger partial charge < -0.3 is 14.6 Å². The van der Waals surface area contributed by atoms with Crippen LogP contribution in [0.4, 0.5) is 0 Å². The molecular weight excluding hydrogens is 298 g/mol. The predicted molar refractivity (Wildman–Crippen MR) is 90.7 cm³/mol. The summed E-state index contributed by atoms with van der Waals surface area (Å²) in [5.74, 6) is 1.71. The number of nitrogens with one attached hydrogen (secondary N) is 1. The fourth-order valence-corrected chi connectivity index (χ4v) is 2.77. The number of rotatable bonds is 7. The SMILES string of the molecule is COc1ccc(-c2cc(=O)[nH]c(SCCCN(C)C)n2)cc1. The second-order valence-corrected chi connectivity index (χ2v) is 6.25. The summed E-state index contributed by atoms with van der Waals surface area (Å²) in [7, 11) is 5.73. The Morgan fingerprint density at radius 2 is 2.00 bits per heavy atom. The summed E-state index contributed by atoms with van der Waals surface area (Å²) in [6, 6.07) is 9.05. The second kappa shape index (κ2) is 8.00. The quantitative estimate of drug-likeness (QED) is 0.483. The number of hydrogen-bond donors (Lipinski definition) is 1. The van der Waals surface area contributed by atoms with Crippen molar-refractivity contribution in [3.8, 4) is 17.0 Å². The van der Waals surface area contributed by atoms with Gasteiger partial charge in [-0.3, -0.25) is 4.79 Å². The van der Waals surface area contributed by atoms with Gasteiger partial charge in [-0.05, 0) is 51.3 Å². The third kappa shape index (κ3) is 4.89. The van der Waals surface area contributed by atoms with Crippen LogP contribution >= 0.6 is 11.8 Å². The highest BCUT2D eigenvalue weighted by Crippen LogP contribution is 2.21. The van der Waals surface area contributed by atoms with Crippen molar-refractivity contribution in [1.82, 2.24) is 14.9 Å². The minimum atomic E-state index is -0.129. The summed E-state index contributed by atoms with van der Waals surface area (Å²) in [6.45, 7) is 1.02. The Bertz CT molecular complexity index is 653. The molecule has 0 fully saturated rings. The zero-order valence-electron chi connectivity index (χ0n) is 13.1. The van der Waals surface area contributed by atoms with Crippen LogP contribution in [0.2, 0.25) is 0 Å². The number of aromatic nitrogens is 2. The molecule has 0 radical (unpaired) electrons. The molecule has 0 spiro atoms. The first kappa shape index (κ1) is 16.6. The minimum absolute atomic E-state index is 0.129. The fourth-order valence-electron chi connectivity index (χ4n) is 1.96. The molecular formula is C16H21N3O2S. The van der Waals surface area contributed by atoms with E-state index >= 15 is 0 Å². The molecule has 1 aromatic carbocycles. The van der Waals surface area contributed by atoms with E-state index in [1.54, 1.807) is 18.9 Å². The van der Waals surface area contributed by atoms with Crippen molar-refractivity contribution in [3.05, 3.63) is 40.7 Å². The zero-order valence-corrected chi connectivity index (χ0v) is 13.9. The monoisotopic (exact) mass is 319 g/mol. The first-order valence-electron chi connectivity index (χ1n) is 7.12. The van der Waals surface area contributed by atoms with Gasteiger partial charge in [0.25, 0.3) is 5.56 Å². The highest BCUT2D eigenvalue weighted by Gasteiger charge is 2.05. The number of benzene rings is 1. The van der Waals surface area contributed by atoms with Crippen LogP contribution in [0.3, 0.4) is 0 Å². The van der Waals surface area contributed by atoms with Crippen LogP contribution in [0.25, 0.3) is 11.3 Å². The lowest BCUT2D eigenvalue weighted by Gasteiger charge is -2.08. The summed E-state index contributed by atoms with van der Waals surface area (Å²) >= 11 is 1.58. The standard InChI is InChI=1S/C16H21N3O2S/c1-19(2)9-4-10-22-16-17-14(11-15(20)18-16)12-5-7-13(21-3)8-6-12/h5-8,11H,4,9-10H2,1-3H3,(H,17,18,20). The molecule has 1 heterocycles. The first-order valence-corrected chi connectivity index (χ1v) is 8.10. The van der Waals surface area contributed by atoms with Gasteiger partial charge in [-0.1, -0.05) is 11.8 Å². The Kier molecular flexibility index (Phi) is 6.03. The first-order chi connectivity index (χ1) is 10.6. The fraction of sp³-hybridized carbons (Fsp3) is 0.375. The van der Waals surface area contributed by atoms with E-state index in [2.05, 4.69) is 29.0 Å². The van der Waals surface area contributed by atoms with E-state index in [1.165, 1.54) is 6.07 Å². The molecule has 2 rings (SSSR count). The Morgan fingerprint density at radius 1 is 1.27 bits per heavy atom. The molecule has 1 N–H and O–H groups in total. The molecule has 0 saturated carbocycles. The zero-order chi connectivity index (χ0) is 15.9. The third-order valence-electron chi connectivity index (χ3n) is 3.09. The number of ether oxygens (including phenoxy) is 1. The van der Waals surface area contributed by atoms with Gasteiger partial charge in [-0.25, -0.2) is 4.98 Å². The number of methoxy groups -OCH3 is 1. The molecule has 0 saturated heterocycles. The maximum atomic E-state index is 11.8. The smallest absolute Gasteiger partial charge is 0.252 e. The van der Waals surface area contributed by atoms with Gasteiger partial charge in [-0.2, -0.15) is 0 Å². The van der Waals surface area contributed by atoms with Crippen molar-refractivity contribution < 1.29 is 4.74 Å². The van der Waals surface area contributed by atoms with E-state index in [0.717, 1.165) is 30.0 Å². The molecule has 0 amide bonds. The number of nitrogens with zero attached hydrogens (tertiary/aromatic N) is 2. The van der Waals surface area contributed by atoms with Crippen molar-refractivity contribution in [2.24, 2.45) is 0 Å². The number of hydrogen-bond acceptors (Lipinski definition) is 5. The summed E-state index contributed by atoms with van der Waals surface area (Å²) in [5, 5.41) is 0.664. The molecule has 6 heteroatoms. The Labute approximate surface area is 134 Å². The molecule has 0 aliphatic rings. The molecule has 0 aliphatic heterocycles. The van der Waals surface area contributed by atoms with Gasteiger partial charge in [-0.15, -0.1) is 0 Å². The molecule has 22 heavy (non-hydrogen) atoms. The Morgan fingerprint density at radius 3 is 2.64 bits per heavy atom. The highest BCUT2D eigenvalue weighted by molar-refractivity contribution is 7.99. The molecule has 2 aromatic rings. The topological polar surface area (TPSA) is 58.2 Å². The molecule has 0 aliphatic carbocycles. The van der Waals surface area contributed by atoms with Crippen LogP contribution in [0.15, 0.2) is 40.3 Å². The van der Waals surface area contributed by atoms with E-state index in [9.17, 15) is 4.79 Å².